The van der Waals surface area contributed by atoms with Gasteiger partial charge in [0.05, 0.1) is 13.7 Å². The van der Waals surface area contributed by atoms with E-state index < -0.39 is 0 Å². The van der Waals surface area contributed by atoms with Crippen LogP contribution >= 0.6 is 11.3 Å². The number of hydrogen-bond donors (Lipinski definition) is 0. The Kier molecular flexibility index (Phi) is 6.41. The average molecular weight is 397 g/mol. The standard InChI is InChI=1S/C22H28N4OS/c1-27-22-7-6-19(15-20(22)17-26-11-3-8-23-26)16-24-9-4-10-25(13-12-24)18-21-5-2-14-28-21/h2-3,5-8,11,14-15H,4,9-10,12-13,16-18H2,1H3. The summed E-state index contributed by atoms with van der Waals surface area (Å²) in [6.45, 7) is 7.40. The Labute approximate surface area is 171 Å². The summed E-state index contributed by atoms with van der Waals surface area (Å²) in [6, 6.07) is 12.9. The SMILES string of the molecule is COc1ccc(CN2CCCN(Cc3cccs3)CC2)cc1Cn1cccn1. The Morgan fingerprint density at radius 3 is 2.57 bits per heavy atom. The summed E-state index contributed by atoms with van der Waals surface area (Å²) in [6.07, 6.45) is 5.03. The lowest BCUT2D eigenvalue weighted by molar-refractivity contribution is 0.248. The molecule has 3 aromatic rings. The predicted molar refractivity (Wildman–Crippen MR) is 114 cm³/mol. The lowest BCUT2D eigenvalue weighted by atomic mass is 10.1. The van der Waals surface area contributed by atoms with Crippen molar-refractivity contribution in [2.45, 2.75) is 26.1 Å². The molecule has 3 heterocycles. The van der Waals surface area contributed by atoms with Crippen molar-refractivity contribution < 1.29 is 4.74 Å². The molecule has 0 radical (unpaired) electrons. The van der Waals surface area contributed by atoms with Crippen molar-refractivity contribution in [3.63, 3.8) is 0 Å². The van der Waals surface area contributed by atoms with Crippen LogP contribution in [0.2, 0.25) is 0 Å². The topological polar surface area (TPSA) is 33.5 Å². The molecule has 1 aliphatic rings. The van der Waals surface area contributed by atoms with Crippen LogP contribution in [0.25, 0.3) is 0 Å². The number of hydrogen-bond acceptors (Lipinski definition) is 5. The third-order valence-corrected chi connectivity index (χ3v) is 6.14. The van der Waals surface area contributed by atoms with Gasteiger partial charge in [0.1, 0.15) is 5.75 Å². The Hall–Kier alpha value is -2.15. The highest BCUT2D eigenvalue weighted by molar-refractivity contribution is 7.09. The zero-order valence-corrected chi connectivity index (χ0v) is 17.3. The van der Waals surface area contributed by atoms with Gasteiger partial charge in [0.15, 0.2) is 0 Å². The highest BCUT2D eigenvalue weighted by Crippen LogP contribution is 2.22. The number of nitrogens with zero attached hydrogens (tertiary/aromatic N) is 4. The third kappa shape index (κ3) is 5.01. The number of rotatable bonds is 7. The number of aromatic nitrogens is 2. The smallest absolute Gasteiger partial charge is 0.123 e. The summed E-state index contributed by atoms with van der Waals surface area (Å²) in [7, 11) is 1.73. The maximum Gasteiger partial charge on any atom is 0.123 e. The molecule has 0 bridgehead atoms. The van der Waals surface area contributed by atoms with E-state index in [4.69, 9.17) is 4.74 Å². The van der Waals surface area contributed by atoms with Crippen LogP contribution in [0.1, 0.15) is 22.4 Å². The highest BCUT2D eigenvalue weighted by atomic mass is 32.1. The van der Waals surface area contributed by atoms with Crippen molar-refractivity contribution >= 4 is 11.3 Å². The molecule has 1 fully saturated rings. The van der Waals surface area contributed by atoms with Gasteiger partial charge in [-0.05, 0) is 54.7 Å². The molecule has 0 unspecified atom stereocenters. The Balaban J connectivity index is 1.38. The molecule has 148 valence electrons. The van der Waals surface area contributed by atoms with E-state index in [9.17, 15) is 0 Å². The van der Waals surface area contributed by atoms with Gasteiger partial charge in [-0.1, -0.05) is 12.1 Å². The fourth-order valence-corrected chi connectivity index (χ4v) is 4.59. The summed E-state index contributed by atoms with van der Waals surface area (Å²) in [4.78, 5) is 6.63. The van der Waals surface area contributed by atoms with E-state index in [2.05, 4.69) is 50.6 Å². The van der Waals surface area contributed by atoms with Gasteiger partial charge >= 0.3 is 0 Å². The van der Waals surface area contributed by atoms with Crippen molar-refractivity contribution in [3.05, 3.63) is 70.2 Å². The first-order chi connectivity index (χ1) is 13.8. The monoisotopic (exact) mass is 396 g/mol. The molecule has 0 amide bonds. The lowest BCUT2D eigenvalue weighted by Gasteiger charge is -2.22. The van der Waals surface area contributed by atoms with Crippen LogP contribution in [0.4, 0.5) is 0 Å². The first-order valence-electron chi connectivity index (χ1n) is 9.90. The molecule has 1 aliphatic heterocycles. The summed E-state index contributed by atoms with van der Waals surface area (Å²) in [5.74, 6) is 0.928. The average Bonchev–Trinajstić information content (AvgIpc) is 3.36. The fourth-order valence-electron chi connectivity index (χ4n) is 3.84. The van der Waals surface area contributed by atoms with Crippen LogP contribution in [-0.2, 0) is 19.6 Å². The van der Waals surface area contributed by atoms with Gasteiger partial charge in [-0.15, -0.1) is 11.3 Å². The molecule has 0 atom stereocenters. The van der Waals surface area contributed by atoms with Crippen molar-refractivity contribution in [3.8, 4) is 5.75 Å². The predicted octanol–water partition coefficient (Wildman–Crippen LogP) is 3.71. The molecular weight excluding hydrogens is 368 g/mol. The van der Waals surface area contributed by atoms with E-state index in [1.165, 1.54) is 29.0 Å². The van der Waals surface area contributed by atoms with Crippen molar-refractivity contribution in [1.29, 1.82) is 0 Å². The summed E-state index contributed by atoms with van der Waals surface area (Å²) < 4.78 is 7.50. The van der Waals surface area contributed by atoms with Crippen LogP contribution < -0.4 is 4.74 Å². The molecule has 5 nitrogen and oxygen atoms in total. The van der Waals surface area contributed by atoms with E-state index in [0.29, 0.717) is 0 Å². The minimum Gasteiger partial charge on any atom is -0.496 e. The normalized spacial score (nSPS) is 16.2. The van der Waals surface area contributed by atoms with Crippen LogP contribution in [-0.4, -0.2) is 52.9 Å². The molecule has 1 saturated heterocycles. The van der Waals surface area contributed by atoms with Crippen LogP contribution in [0, 0.1) is 0 Å². The Morgan fingerprint density at radius 2 is 1.86 bits per heavy atom. The summed E-state index contributed by atoms with van der Waals surface area (Å²) in [5, 5.41) is 6.50. The first-order valence-corrected chi connectivity index (χ1v) is 10.8. The second-order valence-corrected chi connectivity index (χ2v) is 8.37. The van der Waals surface area contributed by atoms with Crippen molar-refractivity contribution in [2.24, 2.45) is 0 Å². The van der Waals surface area contributed by atoms with Crippen molar-refractivity contribution in [2.75, 3.05) is 33.3 Å². The number of thiophene rings is 1. The first kappa shape index (κ1) is 19.2. The van der Waals surface area contributed by atoms with E-state index >= 15 is 0 Å². The lowest BCUT2D eigenvalue weighted by Crippen LogP contribution is -2.30. The minimum absolute atomic E-state index is 0.735. The number of ether oxygens (including phenoxy) is 1. The van der Waals surface area contributed by atoms with E-state index in [0.717, 1.165) is 45.0 Å². The Bertz CT molecular complexity index is 848. The van der Waals surface area contributed by atoms with Gasteiger partial charge in [-0.25, -0.2) is 0 Å². The Morgan fingerprint density at radius 1 is 1.00 bits per heavy atom. The molecule has 0 spiro atoms. The second-order valence-electron chi connectivity index (χ2n) is 7.34. The third-order valence-electron chi connectivity index (χ3n) is 5.28. The molecule has 28 heavy (non-hydrogen) atoms. The second kappa shape index (κ2) is 9.37. The molecule has 4 rings (SSSR count). The zero-order chi connectivity index (χ0) is 19.2. The van der Waals surface area contributed by atoms with Gasteiger partial charge in [0.25, 0.3) is 0 Å². The van der Waals surface area contributed by atoms with Crippen LogP contribution in [0.3, 0.4) is 0 Å². The number of methoxy groups -OCH3 is 1. The largest absolute Gasteiger partial charge is 0.496 e. The molecule has 0 aliphatic carbocycles. The van der Waals surface area contributed by atoms with Gasteiger partial charge in [-0.3, -0.25) is 14.5 Å². The van der Waals surface area contributed by atoms with Crippen LogP contribution in [0.15, 0.2) is 54.2 Å². The molecule has 2 aromatic heterocycles. The molecule has 0 N–H and O–H groups in total. The number of benzene rings is 1. The maximum absolute atomic E-state index is 5.56. The molecule has 1 aromatic carbocycles. The highest BCUT2D eigenvalue weighted by Gasteiger charge is 2.16. The molecule has 0 saturated carbocycles. The van der Waals surface area contributed by atoms with Gasteiger partial charge in [0, 0.05) is 49.0 Å². The summed E-state index contributed by atoms with van der Waals surface area (Å²) in [5.41, 5.74) is 2.52. The van der Waals surface area contributed by atoms with E-state index in [1.807, 2.05) is 34.5 Å². The fraction of sp³-hybridized carbons (Fsp3) is 0.409. The van der Waals surface area contributed by atoms with Gasteiger partial charge < -0.3 is 4.74 Å². The zero-order valence-electron chi connectivity index (χ0n) is 16.5. The van der Waals surface area contributed by atoms with E-state index in [1.54, 1.807) is 7.11 Å². The molecule has 6 heteroatoms. The van der Waals surface area contributed by atoms with Gasteiger partial charge in [0.2, 0.25) is 0 Å². The minimum atomic E-state index is 0.735. The quantitative estimate of drug-likeness (QED) is 0.610. The molecular formula is C22H28N4OS. The summed E-state index contributed by atoms with van der Waals surface area (Å²) >= 11 is 1.86. The van der Waals surface area contributed by atoms with Crippen LogP contribution in [0.5, 0.6) is 5.75 Å². The van der Waals surface area contributed by atoms with E-state index in [-0.39, 0.29) is 0 Å². The van der Waals surface area contributed by atoms with Crippen molar-refractivity contribution in [1.82, 2.24) is 19.6 Å². The maximum atomic E-state index is 5.56. The van der Waals surface area contributed by atoms with Gasteiger partial charge in [-0.2, -0.15) is 5.10 Å².